The second-order valence-electron chi connectivity index (χ2n) is 6.24. The van der Waals surface area contributed by atoms with Crippen LogP contribution in [-0.4, -0.2) is 31.2 Å². The maximum absolute atomic E-state index is 6.11. The Morgan fingerprint density at radius 2 is 1.65 bits per heavy atom. The lowest BCUT2D eigenvalue weighted by atomic mass is 9.75. The molecule has 0 spiro atoms. The summed E-state index contributed by atoms with van der Waals surface area (Å²) in [5, 5.41) is 1.01. The first-order valence-electron chi connectivity index (χ1n) is 6.81. The summed E-state index contributed by atoms with van der Waals surface area (Å²) in [4.78, 5) is 4.35. The number of aromatic nitrogens is 1. The van der Waals surface area contributed by atoms with E-state index in [-0.39, 0.29) is 11.2 Å². The molecule has 100 valence electrons. The summed E-state index contributed by atoms with van der Waals surface area (Å²) in [6.07, 6.45) is 0. The quantitative estimate of drug-likeness (QED) is 0.729. The van der Waals surface area contributed by atoms with E-state index in [2.05, 4.69) is 4.98 Å². The van der Waals surface area contributed by atoms with Gasteiger partial charge in [0.15, 0.2) is 0 Å². The van der Waals surface area contributed by atoms with Gasteiger partial charge in [0.2, 0.25) is 0 Å². The molecule has 2 heterocycles. The van der Waals surface area contributed by atoms with Crippen LogP contribution in [0.5, 0.6) is 0 Å². The van der Waals surface area contributed by atoms with Gasteiger partial charge in [-0.1, -0.05) is 24.3 Å². The molecule has 2 radical (unpaired) electrons. The van der Waals surface area contributed by atoms with Gasteiger partial charge in [0, 0.05) is 0 Å². The van der Waals surface area contributed by atoms with Crippen LogP contribution in [0.3, 0.4) is 0 Å². The highest BCUT2D eigenvalue weighted by atomic mass is 16.7. The standard InChI is InChI=1S/C15H17B2NO2/c1-14(2)15(3,4)20-17(19-14)11-9-13(16)18-12-8-6-5-7-10(11)12/h5-9H,1-4H3. The Balaban J connectivity index is 2.12. The van der Waals surface area contributed by atoms with Crippen molar-refractivity contribution in [3.8, 4) is 0 Å². The summed E-state index contributed by atoms with van der Waals surface area (Å²) in [7, 11) is 5.48. The van der Waals surface area contributed by atoms with Crippen molar-refractivity contribution in [1.29, 1.82) is 0 Å². The van der Waals surface area contributed by atoms with Crippen molar-refractivity contribution < 1.29 is 9.31 Å². The molecule has 1 aromatic carbocycles. The smallest absolute Gasteiger partial charge is 0.399 e. The van der Waals surface area contributed by atoms with Crippen LogP contribution >= 0.6 is 0 Å². The number of nitrogens with zero attached hydrogens (tertiary/aromatic N) is 1. The first-order valence-corrected chi connectivity index (χ1v) is 6.81. The molecular formula is C15H17B2NO2. The molecule has 0 amide bonds. The van der Waals surface area contributed by atoms with Crippen molar-refractivity contribution in [2.24, 2.45) is 0 Å². The van der Waals surface area contributed by atoms with E-state index < -0.39 is 7.12 Å². The average Bonchev–Trinajstić information content (AvgIpc) is 2.57. The van der Waals surface area contributed by atoms with E-state index in [0.717, 1.165) is 16.4 Å². The van der Waals surface area contributed by atoms with E-state index in [1.807, 2.05) is 58.0 Å². The zero-order chi connectivity index (χ0) is 14.5. The highest BCUT2D eigenvalue weighted by Gasteiger charge is 2.52. The SMILES string of the molecule is [B]c1cc(B2OC(C)(C)C(C)(C)O2)c2ccccc2n1. The summed E-state index contributed by atoms with van der Waals surface area (Å²) in [5.41, 5.74) is 1.55. The van der Waals surface area contributed by atoms with Gasteiger partial charge in [-0.3, -0.25) is 4.98 Å². The molecule has 0 bridgehead atoms. The van der Waals surface area contributed by atoms with Gasteiger partial charge in [-0.15, -0.1) is 0 Å². The number of rotatable bonds is 1. The largest absolute Gasteiger partial charge is 0.495 e. The molecule has 0 unspecified atom stereocenters. The lowest BCUT2D eigenvalue weighted by molar-refractivity contribution is 0.00578. The number of pyridine rings is 1. The van der Waals surface area contributed by atoms with E-state index in [0.29, 0.717) is 5.59 Å². The Kier molecular flexibility index (Phi) is 2.96. The highest BCUT2D eigenvalue weighted by molar-refractivity contribution is 6.65. The third-order valence-electron chi connectivity index (χ3n) is 4.28. The van der Waals surface area contributed by atoms with E-state index in [1.54, 1.807) is 0 Å². The van der Waals surface area contributed by atoms with Crippen LogP contribution in [0.4, 0.5) is 0 Å². The lowest BCUT2D eigenvalue weighted by Gasteiger charge is -2.32. The van der Waals surface area contributed by atoms with Crippen LogP contribution < -0.4 is 11.1 Å². The fraction of sp³-hybridized carbons (Fsp3) is 0.400. The molecule has 5 heteroatoms. The minimum Gasteiger partial charge on any atom is -0.399 e. The molecule has 1 aliphatic heterocycles. The molecule has 1 aromatic heterocycles. The second-order valence-corrected chi connectivity index (χ2v) is 6.24. The van der Waals surface area contributed by atoms with Gasteiger partial charge >= 0.3 is 7.12 Å². The minimum absolute atomic E-state index is 0.364. The predicted molar refractivity (Wildman–Crippen MR) is 82.8 cm³/mol. The van der Waals surface area contributed by atoms with Gasteiger partial charge < -0.3 is 9.31 Å². The zero-order valence-corrected chi connectivity index (χ0v) is 12.3. The third kappa shape index (κ3) is 2.05. The number of benzene rings is 1. The van der Waals surface area contributed by atoms with Crippen molar-refractivity contribution in [3.63, 3.8) is 0 Å². The van der Waals surface area contributed by atoms with Crippen LogP contribution in [0.15, 0.2) is 30.3 Å². The molecular weight excluding hydrogens is 248 g/mol. The molecule has 3 rings (SSSR count). The topological polar surface area (TPSA) is 31.4 Å². The Bertz CT molecular complexity index is 654. The van der Waals surface area contributed by atoms with Crippen molar-refractivity contribution in [3.05, 3.63) is 30.3 Å². The third-order valence-corrected chi connectivity index (χ3v) is 4.28. The first kappa shape index (κ1) is 13.7. The second kappa shape index (κ2) is 4.34. The number of fused-ring (bicyclic) bond motifs is 1. The predicted octanol–water partition coefficient (Wildman–Crippen LogP) is 1.33. The van der Waals surface area contributed by atoms with Gasteiger partial charge in [-0.2, -0.15) is 0 Å². The maximum atomic E-state index is 6.11. The maximum Gasteiger partial charge on any atom is 0.495 e. The first-order chi connectivity index (χ1) is 9.30. The molecule has 2 aromatic rings. The number of para-hydroxylation sites is 1. The van der Waals surface area contributed by atoms with Crippen LogP contribution in [-0.2, 0) is 9.31 Å². The van der Waals surface area contributed by atoms with Crippen molar-refractivity contribution >= 4 is 36.9 Å². The van der Waals surface area contributed by atoms with Crippen LogP contribution in [0.25, 0.3) is 10.9 Å². The van der Waals surface area contributed by atoms with Crippen molar-refractivity contribution in [2.75, 3.05) is 0 Å². The molecule has 3 nitrogen and oxygen atoms in total. The highest BCUT2D eigenvalue weighted by Crippen LogP contribution is 2.36. The normalized spacial score (nSPS) is 20.5. The number of hydrogen-bond acceptors (Lipinski definition) is 3. The summed E-state index contributed by atoms with van der Waals surface area (Å²) in [6.45, 7) is 8.17. The molecule has 0 atom stereocenters. The molecule has 20 heavy (non-hydrogen) atoms. The Morgan fingerprint density at radius 3 is 2.30 bits per heavy atom. The summed E-state index contributed by atoms with van der Waals surface area (Å²) in [6, 6.07) is 9.73. The molecule has 0 aliphatic carbocycles. The van der Waals surface area contributed by atoms with Gasteiger partial charge in [-0.25, -0.2) is 0 Å². The van der Waals surface area contributed by atoms with Gasteiger partial charge in [0.25, 0.3) is 0 Å². The van der Waals surface area contributed by atoms with Gasteiger partial charge in [0.1, 0.15) is 7.85 Å². The van der Waals surface area contributed by atoms with Gasteiger partial charge in [0.05, 0.1) is 16.7 Å². The monoisotopic (exact) mass is 265 g/mol. The van der Waals surface area contributed by atoms with E-state index in [4.69, 9.17) is 17.2 Å². The molecule has 1 aliphatic rings. The Labute approximate surface area is 121 Å². The van der Waals surface area contributed by atoms with E-state index in [1.165, 1.54) is 0 Å². The molecule has 0 saturated carbocycles. The Morgan fingerprint density at radius 1 is 1.05 bits per heavy atom. The van der Waals surface area contributed by atoms with E-state index in [9.17, 15) is 0 Å². The molecule has 1 fully saturated rings. The number of hydrogen-bond donors (Lipinski definition) is 0. The van der Waals surface area contributed by atoms with Crippen molar-refractivity contribution in [2.45, 2.75) is 38.9 Å². The summed E-state index contributed by atoms with van der Waals surface area (Å²) in [5.74, 6) is 0. The molecule has 0 N–H and O–H groups in total. The summed E-state index contributed by atoms with van der Waals surface area (Å²) >= 11 is 0. The summed E-state index contributed by atoms with van der Waals surface area (Å²) < 4.78 is 12.2. The van der Waals surface area contributed by atoms with E-state index >= 15 is 0 Å². The van der Waals surface area contributed by atoms with Crippen LogP contribution in [0, 0.1) is 0 Å². The fourth-order valence-corrected chi connectivity index (χ4v) is 2.39. The van der Waals surface area contributed by atoms with Crippen LogP contribution in [0.2, 0.25) is 0 Å². The lowest BCUT2D eigenvalue weighted by Crippen LogP contribution is -2.41. The average molecular weight is 265 g/mol. The molecule has 1 saturated heterocycles. The fourth-order valence-electron chi connectivity index (χ4n) is 2.39. The Hall–Kier alpha value is -1.32. The zero-order valence-electron chi connectivity index (χ0n) is 12.3. The minimum atomic E-state index is -0.421. The van der Waals surface area contributed by atoms with Gasteiger partial charge in [-0.05, 0) is 50.2 Å². The van der Waals surface area contributed by atoms with Crippen LogP contribution in [0.1, 0.15) is 27.7 Å². The van der Waals surface area contributed by atoms with Crippen molar-refractivity contribution in [1.82, 2.24) is 4.98 Å².